The number of hydrogen-bond donors (Lipinski definition) is 0. The first kappa shape index (κ1) is 21.4. The van der Waals surface area contributed by atoms with E-state index in [2.05, 4.69) is 13.8 Å². The quantitative estimate of drug-likeness (QED) is 0.595. The lowest BCUT2D eigenvalue weighted by Crippen LogP contribution is -2.43. The lowest BCUT2D eigenvalue weighted by atomic mass is 9.95. The number of carbonyl (C=O) groups excluding carboxylic acids is 2. The molecule has 0 N–H and O–H groups in total. The van der Waals surface area contributed by atoms with Gasteiger partial charge in [0.15, 0.2) is 0 Å². The minimum atomic E-state index is -0.0384. The van der Waals surface area contributed by atoms with E-state index in [9.17, 15) is 9.59 Å². The topological polar surface area (TPSA) is 58.4 Å². The lowest BCUT2D eigenvalue weighted by Gasteiger charge is -2.33. The zero-order valence-corrected chi connectivity index (χ0v) is 19.7. The number of aromatic nitrogens is 2. The fraction of sp³-hybridized carbons (Fsp3) is 0.370. The zero-order valence-electron chi connectivity index (χ0n) is 19.7. The summed E-state index contributed by atoms with van der Waals surface area (Å²) in [6.45, 7) is 9.49. The van der Waals surface area contributed by atoms with Crippen molar-refractivity contribution < 1.29 is 9.59 Å². The molecule has 170 valence electrons. The number of para-hydroxylation sites is 1. The number of likely N-dealkylation sites (tertiary alicyclic amines) is 1. The predicted octanol–water partition coefficient (Wildman–Crippen LogP) is 4.56. The average Bonchev–Trinajstić information content (AvgIpc) is 3.49. The first-order valence-corrected chi connectivity index (χ1v) is 11.7. The summed E-state index contributed by atoms with van der Waals surface area (Å²) >= 11 is 0. The SMILES string of the molecule is Cc1ccccc1C(=O)N1CCC(N2C(=O)c3c(c(C)nn3-c3ccccc3)C2C(C)C)C1. The van der Waals surface area contributed by atoms with E-state index in [-0.39, 0.29) is 29.8 Å². The molecule has 3 heterocycles. The predicted molar refractivity (Wildman–Crippen MR) is 128 cm³/mol. The monoisotopic (exact) mass is 442 g/mol. The molecule has 3 aromatic rings. The van der Waals surface area contributed by atoms with Crippen LogP contribution in [0.4, 0.5) is 0 Å². The van der Waals surface area contributed by atoms with Crippen LogP contribution in [0.15, 0.2) is 54.6 Å². The summed E-state index contributed by atoms with van der Waals surface area (Å²) in [6, 6.07) is 17.5. The highest BCUT2D eigenvalue weighted by Gasteiger charge is 2.48. The van der Waals surface area contributed by atoms with E-state index in [1.807, 2.05) is 78.2 Å². The normalized spacial score (nSPS) is 20.1. The summed E-state index contributed by atoms with van der Waals surface area (Å²) < 4.78 is 1.80. The van der Waals surface area contributed by atoms with Crippen molar-refractivity contribution in [3.8, 4) is 5.69 Å². The fourth-order valence-corrected chi connectivity index (χ4v) is 5.43. The second-order valence-corrected chi connectivity index (χ2v) is 9.50. The van der Waals surface area contributed by atoms with Gasteiger partial charge in [-0.15, -0.1) is 0 Å². The minimum Gasteiger partial charge on any atom is -0.336 e. The fourth-order valence-electron chi connectivity index (χ4n) is 5.43. The molecule has 0 radical (unpaired) electrons. The molecule has 2 unspecified atom stereocenters. The van der Waals surface area contributed by atoms with Crippen LogP contribution >= 0.6 is 0 Å². The number of rotatable bonds is 4. The Labute approximate surface area is 194 Å². The highest BCUT2D eigenvalue weighted by atomic mass is 16.2. The van der Waals surface area contributed by atoms with E-state index in [1.54, 1.807) is 4.68 Å². The highest BCUT2D eigenvalue weighted by Crippen LogP contribution is 2.43. The smallest absolute Gasteiger partial charge is 0.273 e. The largest absolute Gasteiger partial charge is 0.336 e. The second-order valence-electron chi connectivity index (χ2n) is 9.50. The number of fused-ring (bicyclic) bond motifs is 1. The van der Waals surface area contributed by atoms with Crippen LogP contribution in [0.1, 0.15) is 64.0 Å². The van der Waals surface area contributed by atoms with Crippen molar-refractivity contribution in [3.05, 3.63) is 82.7 Å². The van der Waals surface area contributed by atoms with Crippen LogP contribution in [-0.2, 0) is 0 Å². The molecule has 2 aliphatic rings. The molecule has 1 fully saturated rings. The van der Waals surface area contributed by atoms with Crippen molar-refractivity contribution in [2.45, 2.75) is 46.2 Å². The molecule has 1 aromatic heterocycles. The van der Waals surface area contributed by atoms with Gasteiger partial charge in [0.05, 0.1) is 23.5 Å². The summed E-state index contributed by atoms with van der Waals surface area (Å²) in [5.41, 5.74) is 5.21. The molecule has 1 saturated heterocycles. The number of amides is 2. The van der Waals surface area contributed by atoms with Gasteiger partial charge in [0, 0.05) is 24.2 Å². The van der Waals surface area contributed by atoms with E-state index in [1.165, 1.54) is 0 Å². The Bertz CT molecular complexity index is 1210. The number of benzene rings is 2. The summed E-state index contributed by atoms with van der Waals surface area (Å²) in [6.07, 6.45) is 0.786. The molecule has 2 amide bonds. The lowest BCUT2D eigenvalue weighted by molar-refractivity contribution is 0.0549. The van der Waals surface area contributed by atoms with Crippen LogP contribution in [0.3, 0.4) is 0 Å². The van der Waals surface area contributed by atoms with Gasteiger partial charge in [0.2, 0.25) is 0 Å². The molecular weight excluding hydrogens is 412 g/mol. The maximum Gasteiger partial charge on any atom is 0.273 e. The van der Waals surface area contributed by atoms with E-state index in [4.69, 9.17) is 5.10 Å². The van der Waals surface area contributed by atoms with Crippen LogP contribution in [0.5, 0.6) is 0 Å². The first-order chi connectivity index (χ1) is 15.9. The maximum atomic E-state index is 13.9. The zero-order chi connectivity index (χ0) is 23.3. The number of nitrogens with zero attached hydrogens (tertiary/aromatic N) is 4. The van der Waals surface area contributed by atoms with E-state index in [0.717, 1.165) is 34.5 Å². The van der Waals surface area contributed by atoms with Crippen molar-refractivity contribution in [2.24, 2.45) is 5.92 Å². The molecular formula is C27H30N4O2. The molecule has 5 rings (SSSR count). The minimum absolute atomic E-state index is 0.00566. The van der Waals surface area contributed by atoms with Gasteiger partial charge in [-0.3, -0.25) is 9.59 Å². The number of carbonyl (C=O) groups is 2. The first-order valence-electron chi connectivity index (χ1n) is 11.7. The molecule has 6 heteroatoms. The Morgan fingerprint density at radius 2 is 1.73 bits per heavy atom. The molecule has 2 atom stereocenters. The molecule has 33 heavy (non-hydrogen) atoms. The average molecular weight is 443 g/mol. The molecule has 0 spiro atoms. The molecule has 0 aliphatic carbocycles. The van der Waals surface area contributed by atoms with Crippen molar-refractivity contribution in [1.29, 1.82) is 0 Å². The summed E-state index contributed by atoms with van der Waals surface area (Å²) in [5.74, 6) is 0.305. The standard InChI is InChI=1S/C27H30N4O2/c1-17(2)24-23-19(4)28-31(20-11-6-5-7-12-20)25(23)27(33)30(24)21-14-15-29(16-21)26(32)22-13-9-8-10-18(22)3/h5-13,17,21,24H,14-16H2,1-4H3. The third-order valence-electron chi connectivity index (χ3n) is 6.99. The third-order valence-corrected chi connectivity index (χ3v) is 6.99. The Hall–Kier alpha value is -3.41. The number of hydrogen-bond acceptors (Lipinski definition) is 3. The van der Waals surface area contributed by atoms with Crippen LogP contribution in [0.2, 0.25) is 0 Å². The van der Waals surface area contributed by atoms with Crippen molar-refractivity contribution >= 4 is 11.8 Å². The molecule has 0 bridgehead atoms. The van der Waals surface area contributed by atoms with Crippen molar-refractivity contribution in [2.75, 3.05) is 13.1 Å². The maximum absolute atomic E-state index is 13.9. The Kier molecular flexibility index (Phi) is 5.31. The molecule has 2 aromatic carbocycles. The van der Waals surface area contributed by atoms with Crippen LogP contribution in [0, 0.1) is 19.8 Å². The van der Waals surface area contributed by atoms with Gasteiger partial charge in [-0.25, -0.2) is 4.68 Å². The van der Waals surface area contributed by atoms with Gasteiger partial charge in [0.1, 0.15) is 5.69 Å². The van der Waals surface area contributed by atoms with Gasteiger partial charge >= 0.3 is 0 Å². The van der Waals surface area contributed by atoms with Gasteiger partial charge in [-0.2, -0.15) is 5.10 Å². The van der Waals surface area contributed by atoms with E-state index < -0.39 is 0 Å². The summed E-state index contributed by atoms with van der Waals surface area (Å²) in [4.78, 5) is 31.0. The third kappa shape index (κ3) is 3.45. The summed E-state index contributed by atoms with van der Waals surface area (Å²) in [7, 11) is 0. The molecule has 2 aliphatic heterocycles. The Morgan fingerprint density at radius 1 is 1.03 bits per heavy atom. The Balaban J connectivity index is 1.47. The summed E-state index contributed by atoms with van der Waals surface area (Å²) in [5, 5.41) is 4.74. The van der Waals surface area contributed by atoms with Gasteiger partial charge in [-0.1, -0.05) is 50.2 Å². The van der Waals surface area contributed by atoms with Gasteiger partial charge in [-0.05, 0) is 49.9 Å². The van der Waals surface area contributed by atoms with Crippen LogP contribution < -0.4 is 0 Å². The number of aryl methyl sites for hydroxylation is 2. The van der Waals surface area contributed by atoms with Gasteiger partial charge < -0.3 is 9.80 Å². The second kappa shape index (κ2) is 8.18. The van der Waals surface area contributed by atoms with E-state index >= 15 is 0 Å². The molecule has 6 nitrogen and oxygen atoms in total. The van der Waals surface area contributed by atoms with Crippen LogP contribution in [-0.4, -0.2) is 50.5 Å². The van der Waals surface area contributed by atoms with Crippen molar-refractivity contribution in [3.63, 3.8) is 0 Å². The Morgan fingerprint density at radius 3 is 2.42 bits per heavy atom. The van der Waals surface area contributed by atoms with Crippen LogP contribution in [0.25, 0.3) is 5.69 Å². The molecule has 0 saturated carbocycles. The van der Waals surface area contributed by atoms with Crippen molar-refractivity contribution in [1.82, 2.24) is 19.6 Å². The highest BCUT2D eigenvalue weighted by molar-refractivity contribution is 5.99. The van der Waals surface area contributed by atoms with E-state index in [0.29, 0.717) is 18.8 Å². The van der Waals surface area contributed by atoms with Gasteiger partial charge in [0.25, 0.3) is 11.8 Å².